The minimum absolute atomic E-state index is 0.0391. The molecule has 6 heteroatoms. The molecular formula is C15H15NO5. The van der Waals surface area contributed by atoms with Crippen LogP contribution in [0.15, 0.2) is 36.4 Å². The zero-order valence-corrected chi connectivity index (χ0v) is 11.7. The summed E-state index contributed by atoms with van der Waals surface area (Å²) in [7, 11) is 2.98. The van der Waals surface area contributed by atoms with Crippen molar-refractivity contribution >= 4 is 5.97 Å². The second kappa shape index (κ2) is 6.60. The van der Waals surface area contributed by atoms with Gasteiger partial charge in [0.05, 0.1) is 19.9 Å². The maximum absolute atomic E-state index is 11.2. The Bertz CT molecular complexity index is 642. The molecule has 1 heterocycles. The molecule has 6 nitrogen and oxygen atoms in total. The molecule has 21 heavy (non-hydrogen) atoms. The second-order valence-electron chi connectivity index (χ2n) is 4.10. The smallest absolute Gasteiger partial charge is 0.339 e. The number of methoxy groups -OCH3 is 2. The highest BCUT2D eigenvalue weighted by molar-refractivity contribution is 5.92. The lowest BCUT2D eigenvalue weighted by Gasteiger charge is -2.13. The summed E-state index contributed by atoms with van der Waals surface area (Å²) in [6, 6.07) is 9.96. The second-order valence-corrected chi connectivity index (χ2v) is 4.10. The first-order valence-corrected chi connectivity index (χ1v) is 6.18. The van der Waals surface area contributed by atoms with Crippen molar-refractivity contribution in [3.8, 4) is 17.4 Å². The third kappa shape index (κ3) is 3.42. The summed E-state index contributed by atoms with van der Waals surface area (Å²) in [6.07, 6.45) is 0. The Morgan fingerprint density at radius 3 is 2.57 bits per heavy atom. The average Bonchev–Trinajstić information content (AvgIpc) is 2.52. The monoisotopic (exact) mass is 289 g/mol. The molecular weight excluding hydrogens is 274 g/mol. The molecule has 0 aliphatic rings. The summed E-state index contributed by atoms with van der Waals surface area (Å²) < 4.78 is 15.7. The number of benzene rings is 1. The van der Waals surface area contributed by atoms with E-state index in [2.05, 4.69) is 4.98 Å². The molecule has 0 bridgehead atoms. The van der Waals surface area contributed by atoms with Crippen molar-refractivity contribution in [1.29, 1.82) is 0 Å². The molecule has 0 spiro atoms. The lowest BCUT2D eigenvalue weighted by molar-refractivity contribution is 0.0690. The third-order valence-electron chi connectivity index (χ3n) is 2.78. The standard InChI is InChI=1S/C15H15NO5/c1-19-12-7-4-6-11(15(17)18)14(12)21-9-10-5-3-8-13(16-10)20-2/h3-8H,9H2,1-2H3,(H,17,18). The lowest BCUT2D eigenvalue weighted by atomic mass is 10.2. The van der Waals surface area contributed by atoms with Crippen LogP contribution >= 0.6 is 0 Å². The van der Waals surface area contributed by atoms with Crippen molar-refractivity contribution in [2.24, 2.45) is 0 Å². The van der Waals surface area contributed by atoms with E-state index < -0.39 is 5.97 Å². The van der Waals surface area contributed by atoms with Crippen LogP contribution in [0.3, 0.4) is 0 Å². The third-order valence-corrected chi connectivity index (χ3v) is 2.78. The van der Waals surface area contributed by atoms with Crippen molar-refractivity contribution in [2.75, 3.05) is 14.2 Å². The molecule has 0 aliphatic heterocycles. The first-order valence-electron chi connectivity index (χ1n) is 6.18. The average molecular weight is 289 g/mol. The summed E-state index contributed by atoms with van der Waals surface area (Å²) in [5.74, 6) is -0.0768. The van der Waals surface area contributed by atoms with Crippen molar-refractivity contribution in [2.45, 2.75) is 6.61 Å². The molecule has 0 radical (unpaired) electrons. The summed E-state index contributed by atoms with van der Waals surface area (Å²) >= 11 is 0. The van der Waals surface area contributed by atoms with Gasteiger partial charge < -0.3 is 19.3 Å². The molecule has 1 aromatic heterocycles. The minimum atomic E-state index is -1.08. The zero-order chi connectivity index (χ0) is 15.2. The van der Waals surface area contributed by atoms with Gasteiger partial charge in [0.25, 0.3) is 0 Å². The number of rotatable bonds is 6. The normalized spacial score (nSPS) is 10.0. The fourth-order valence-electron chi connectivity index (χ4n) is 1.79. The van der Waals surface area contributed by atoms with Gasteiger partial charge in [-0.15, -0.1) is 0 Å². The van der Waals surface area contributed by atoms with Gasteiger partial charge >= 0.3 is 5.97 Å². The van der Waals surface area contributed by atoms with E-state index in [1.54, 1.807) is 30.3 Å². The van der Waals surface area contributed by atoms with E-state index in [0.29, 0.717) is 17.3 Å². The van der Waals surface area contributed by atoms with E-state index in [4.69, 9.17) is 14.2 Å². The maximum Gasteiger partial charge on any atom is 0.339 e. The fourth-order valence-corrected chi connectivity index (χ4v) is 1.79. The molecule has 2 rings (SSSR count). The van der Waals surface area contributed by atoms with Gasteiger partial charge in [-0.3, -0.25) is 0 Å². The van der Waals surface area contributed by atoms with Crippen LogP contribution in [0.25, 0.3) is 0 Å². The molecule has 0 unspecified atom stereocenters. The maximum atomic E-state index is 11.2. The highest BCUT2D eigenvalue weighted by Gasteiger charge is 2.16. The molecule has 2 aromatic rings. The fraction of sp³-hybridized carbons (Fsp3) is 0.200. The Labute approximate surface area is 121 Å². The van der Waals surface area contributed by atoms with E-state index in [1.165, 1.54) is 20.3 Å². The minimum Gasteiger partial charge on any atom is -0.493 e. The number of carboxylic acid groups (broad SMARTS) is 1. The number of carboxylic acids is 1. The van der Waals surface area contributed by atoms with Crippen molar-refractivity contribution in [1.82, 2.24) is 4.98 Å². The van der Waals surface area contributed by atoms with Crippen LogP contribution in [0.5, 0.6) is 17.4 Å². The highest BCUT2D eigenvalue weighted by atomic mass is 16.5. The van der Waals surface area contributed by atoms with Gasteiger partial charge in [0.1, 0.15) is 12.2 Å². The number of ether oxygens (including phenoxy) is 3. The van der Waals surface area contributed by atoms with Gasteiger partial charge in [0.15, 0.2) is 11.5 Å². The molecule has 0 aliphatic carbocycles. The van der Waals surface area contributed by atoms with E-state index in [9.17, 15) is 9.90 Å². The van der Waals surface area contributed by atoms with Crippen molar-refractivity contribution in [3.05, 3.63) is 47.7 Å². The Kier molecular flexibility index (Phi) is 4.61. The number of nitrogens with zero attached hydrogens (tertiary/aromatic N) is 1. The molecule has 0 atom stereocenters. The van der Waals surface area contributed by atoms with E-state index >= 15 is 0 Å². The quantitative estimate of drug-likeness (QED) is 0.879. The number of aromatic nitrogens is 1. The van der Waals surface area contributed by atoms with Crippen LogP contribution in [0.2, 0.25) is 0 Å². The summed E-state index contributed by atoms with van der Waals surface area (Å²) in [5, 5.41) is 9.19. The van der Waals surface area contributed by atoms with Crippen LogP contribution in [-0.4, -0.2) is 30.3 Å². The number of hydrogen-bond donors (Lipinski definition) is 1. The highest BCUT2D eigenvalue weighted by Crippen LogP contribution is 2.31. The Balaban J connectivity index is 2.24. The molecule has 0 fully saturated rings. The number of pyridine rings is 1. The van der Waals surface area contributed by atoms with E-state index in [0.717, 1.165) is 0 Å². The predicted molar refractivity (Wildman–Crippen MR) is 75.1 cm³/mol. The van der Waals surface area contributed by atoms with Gasteiger partial charge in [-0.25, -0.2) is 9.78 Å². The molecule has 0 saturated carbocycles. The first-order chi connectivity index (χ1) is 10.2. The molecule has 0 amide bonds. The number of para-hydroxylation sites is 1. The van der Waals surface area contributed by atoms with Gasteiger partial charge in [-0.1, -0.05) is 12.1 Å². The molecule has 1 N–H and O–H groups in total. The summed E-state index contributed by atoms with van der Waals surface area (Å²) in [4.78, 5) is 15.4. The van der Waals surface area contributed by atoms with E-state index in [1.807, 2.05) is 0 Å². The van der Waals surface area contributed by atoms with Crippen LogP contribution in [0, 0.1) is 0 Å². The van der Waals surface area contributed by atoms with Crippen LogP contribution < -0.4 is 14.2 Å². The SMILES string of the molecule is COc1cccc(COc2c(OC)cccc2C(=O)O)n1. The first kappa shape index (κ1) is 14.6. The topological polar surface area (TPSA) is 77.9 Å². The Hall–Kier alpha value is -2.76. The predicted octanol–water partition coefficient (Wildman–Crippen LogP) is 2.38. The van der Waals surface area contributed by atoms with Crippen LogP contribution in [-0.2, 0) is 6.61 Å². The molecule has 1 aromatic carbocycles. The summed E-state index contributed by atoms with van der Waals surface area (Å²) in [5.41, 5.74) is 0.661. The Morgan fingerprint density at radius 2 is 1.90 bits per heavy atom. The number of carbonyl (C=O) groups is 1. The Morgan fingerprint density at radius 1 is 1.14 bits per heavy atom. The zero-order valence-electron chi connectivity index (χ0n) is 11.7. The summed E-state index contributed by atoms with van der Waals surface area (Å²) in [6.45, 7) is 0.109. The van der Waals surface area contributed by atoms with Crippen LogP contribution in [0.1, 0.15) is 16.1 Å². The largest absolute Gasteiger partial charge is 0.493 e. The lowest BCUT2D eigenvalue weighted by Crippen LogP contribution is -2.06. The number of hydrogen-bond acceptors (Lipinski definition) is 5. The van der Waals surface area contributed by atoms with Crippen LogP contribution in [0.4, 0.5) is 0 Å². The van der Waals surface area contributed by atoms with Gasteiger partial charge in [0, 0.05) is 6.07 Å². The molecule has 110 valence electrons. The van der Waals surface area contributed by atoms with E-state index in [-0.39, 0.29) is 17.9 Å². The van der Waals surface area contributed by atoms with Gasteiger partial charge in [-0.2, -0.15) is 0 Å². The van der Waals surface area contributed by atoms with Crippen molar-refractivity contribution < 1.29 is 24.1 Å². The number of aromatic carboxylic acids is 1. The van der Waals surface area contributed by atoms with Gasteiger partial charge in [-0.05, 0) is 18.2 Å². The van der Waals surface area contributed by atoms with Gasteiger partial charge in [0.2, 0.25) is 5.88 Å². The van der Waals surface area contributed by atoms with Crippen molar-refractivity contribution in [3.63, 3.8) is 0 Å². The molecule has 0 saturated heterocycles.